The summed E-state index contributed by atoms with van der Waals surface area (Å²) in [5.41, 5.74) is 3.14. The Balaban J connectivity index is 0.00000196. The SMILES string of the molecule is CC1(C)C(=O)[N-]c2ccccc2-c2nc(Nc3ccccc3)ncc21.[Rb+]. The Morgan fingerprint density at radius 3 is 2.46 bits per heavy atom. The minimum absolute atomic E-state index is 0. The van der Waals surface area contributed by atoms with Crippen LogP contribution in [0.1, 0.15) is 19.4 Å². The van der Waals surface area contributed by atoms with Gasteiger partial charge in [0.15, 0.2) is 0 Å². The van der Waals surface area contributed by atoms with Gasteiger partial charge in [-0.15, -0.1) is 5.69 Å². The molecule has 6 heteroatoms. The first-order chi connectivity index (χ1) is 12.1. The van der Waals surface area contributed by atoms with Gasteiger partial charge in [0.25, 0.3) is 0 Å². The second-order valence-corrected chi connectivity index (χ2v) is 6.51. The maximum atomic E-state index is 12.6. The number of carbonyl (C=O) groups is 1. The summed E-state index contributed by atoms with van der Waals surface area (Å²) in [6.45, 7) is 3.72. The van der Waals surface area contributed by atoms with Crippen LogP contribution in [0.15, 0.2) is 60.8 Å². The molecule has 0 spiro atoms. The molecule has 1 aromatic heterocycles. The van der Waals surface area contributed by atoms with E-state index in [0.717, 1.165) is 22.5 Å². The first-order valence-corrected chi connectivity index (χ1v) is 8.11. The van der Waals surface area contributed by atoms with Crippen molar-refractivity contribution < 1.29 is 63.0 Å². The standard InChI is InChI=1S/C20H18N4O.Rb/c1-20(2)15-12-21-19(22-13-8-4-3-5-9-13)24-17(15)14-10-6-7-11-16(14)23-18(20)25;/h3-12H,1-2H3,(H2,21,22,23,24,25);/q;+1/p-1. The Morgan fingerprint density at radius 1 is 1.00 bits per heavy atom. The molecule has 1 amide bonds. The van der Waals surface area contributed by atoms with E-state index in [1.165, 1.54) is 0 Å². The van der Waals surface area contributed by atoms with Crippen LogP contribution in [0.2, 0.25) is 0 Å². The third-order valence-corrected chi connectivity index (χ3v) is 4.41. The van der Waals surface area contributed by atoms with E-state index in [0.29, 0.717) is 11.6 Å². The van der Waals surface area contributed by atoms with Gasteiger partial charge in [-0.2, -0.15) is 0 Å². The van der Waals surface area contributed by atoms with Gasteiger partial charge in [-0.05, 0) is 17.7 Å². The summed E-state index contributed by atoms with van der Waals surface area (Å²) < 4.78 is 0. The fraction of sp³-hybridized carbons (Fsp3) is 0.150. The number of rotatable bonds is 2. The molecule has 3 aromatic rings. The summed E-state index contributed by atoms with van der Waals surface area (Å²) >= 11 is 0. The van der Waals surface area contributed by atoms with Gasteiger partial charge in [0, 0.05) is 22.9 Å². The van der Waals surface area contributed by atoms with Gasteiger partial charge in [-0.3, -0.25) is 0 Å². The number of fused-ring (bicyclic) bond motifs is 3. The number of aromatic nitrogens is 2. The Morgan fingerprint density at radius 2 is 1.69 bits per heavy atom. The number of nitrogens with one attached hydrogen (secondary N) is 1. The molecule has 0 aliphatic carbocycles. The van der Waals surface area contributed by atoms with Crippen LogP contribution in [-0.2, 0) is 10.2 Å². The molecule has 0 saturated carbocycles. The molecular formula is C20H17N4ORb. The molecule has 26 heavy (non-hydrogen) atoms. The summed E-state index contributed by atoms with van der Waals surface area (Å²) in [5.74, 6) is 0.302. The topological polar surface area (TPSA) is 69.0 Å². The first-order valence-electron chi connectivity index (χ1n) is 8.11. The second-order valence-electron chi connectivity index (χ2n) is 6.51. The monoisotopic (exact) mass is 414 g/mol. The second kappa shape index (κ2) is 7.68. The molecule has 0 unspecified atom stereocenters. The van der Waals surface area contributed by atoms with E-state index >= 15 is 0 Å². The average molecular weight is 415 g/mol. The van der Waals surface area contributed by atoms with Gasteiger partial charge in [0.2, 0.25) is 5.95 Å². The fourth-order valence-electron chi connectivity index (χ4n) is 2.89. The van der Waals surface area contributed by atoms with Gasteiger partial charge < -0.3 is 15.4 Å². The molecule has 2 heterocycles. The number of nitrogens with zero attached hydrogens (tertiary/aromatic N) is 3. The van der Waals surface area contributed by atoms with Crippen molar-refractivity contribution in [1.82, 2.24) is 9.97 Å². The maximum absolute atomic E-state index is 12.6. The average Bonchev–Trinajstić information content (AvgIpc) is 2.70. The molecule has 0 radical (unpaired) electrons. The number of para-hydroxylation sites is 2. The molecule has 0 atom stereocenters. The van der Waals surface area contributed by atoms with Crippen LogP contribution in [-0.4, -0.2) is 15.9 Å². The summed E-state index contributed by atoms with van der Waals surface area (Å²) in [7, 11) is 0. The molecule has 1 N–H and O–H groups in total. The van der Waals surface area contributed by atoms with E-state index in [4.69, 9.17) is 4.98 Å². The summed E-state index contributed by atoms with van der Waals surface area (Å²) in [6.07, 6.45) is 1.73. The zero-order valence-corrected chi connectivity index (χ0v) is 19.9. The van der Waals surface area contributed by atoms with Gasteiger partial charge >= 0.3 is 58.2 Å². The van der Waals surface area contributed by atoms with Crippen LogP contribution in [0.5, 0.6) is 0 Å². The number of amides is 1. The molecule has 0 bridgehead atoms. The molecule has 1 aliphatic rings. The quantitative estimate of drug-likeness (QED) is 0.693. The van der Waals surface area contributed by atoms with Crippen molar-refractivity contribution in [2.75, 3.05) is 5.32 Å². The van der Waals surface area contributed by atoms with Crippen molar-refractivity contribution in [2.24, 2.45) is 0 Å². The van der Waals surface area contributed by atoms with Gasteiger partial charge in [-0.1, -0.05) is 56.3 Å². The first kappa shape index (κ1) is 19.4. The van der Waals surface area contributed by atoms with Crippen molar-refractivity contribution >= 4 is 23.2 Å². The third-order valence-electron chi connectivity index (χ3n) is 4.41. The van der Waals surface area contributed by atoms with Crippen molar-refractivity contribution in [3.63, 3.8) is 0 Å². The van der Waals surface area contributed by atoms with Crippen molar-refractivity contribution in [3.8, 4) is 11.3 Å². The van der Waals surface area contributed by atoms with Crippen LogP contribution in [0, 0.1) is 0 Å². The Hall–Kier alpha value is -1.40. The summed E-state index contributed by atoms with van der Waals surface area (Å²) in [5, 5.41) is 7.50. The fourth-order valence-corrected chi connectivity index (χ4v) is 2.89. The summed E-state index contributed by atoms with van der Waals surface area (Å²) in [4.78, 5) is 21.7. The zero-order valence-electron chi connectivity index (χ0n) is 15.0. The Labute approximate surface area is 201 Å². The van der Waals surface area contributed by atoms with E-state index in [2.05, 4.69) is 15.6 Å². The van der Waals surface area contributed by atoms with Crippen molar-refractivity contribution in [3.05, 3.63) is 71.7 Å². The van der Waals surface area contributed by atoms with E-state index in [-0.39, 0.29) is 64.1 Å². The Bertz CT molecular complexity index is 957. The predicted molar refractivity (Wildman–Crippen MR) is 98.2 cm³/mol. The molecule has 2 aromatic carbocycles. The van der Waals surface area contributed by atoms with Gasteiger partial charge in [0.05, 0.1) is 11.6 Å². The summed E-state index contributed by atoms with van der Waals surface area (Å²) in [6, 6.07) is 17.3. The normalized spacial score (nSPS) is 14.2. The number of benzene rings is 2. The Kier molecular flexibility index (Phi) is 5.72. The van der Waals surface area contributed by atoms with Crippen LogP contribution in [0.4, 0.5) is 17.3 Å². The number of carbonyl (C=O) groups excluding carboxylic acids is 1. The van der Waals surface area contributed by atoms with E-state index in [9.17, 15) is 4.79 Å². The molecule has 124 valence electrons. The van der Waals surface area contributed by atoms with Crippen molar-refractivity contribution in [2.45, 2.75) is 19.3 Å². The minimum Gasteiger partial charge on any atom is -0.626 e. The van der Waals surface area contributed by atoms with Crippen molar-refractivity contribution in [1.29, 1.82) is 0 Å². The van der Waals surface area contributed by atoms with Gasteiger partial charge in [0.1, 0.15) is 0 Å². The number of anilines is 2. The molecule has 1 aliphatic heterocycles. The predicted octanol–water partition coefficient (Wildman–Crippen LogP) is 1.71. The maximum Gasteiger partial charge on any atom is 1.00 e. The zero-order chi connectivity index (χ0) is 17.4. The molecular weight excluding hydrogens is 398 g/mol. The van der Waals surface area contributed by atoms with Crippen LogP contribution in [0.3, 0.4) is 0 Å². The van der Waals surface area contributed by atoms with Crippen LogP contribution in [0.25, 0.3) is 16.6 Å². The minimum atomic E-state index is -0.778. The molecule has 5 nitrogen and oxygen atoms in total. The molecule has 0 saturated heterocycles. The van der Waals surface area contributed by atoms with Crippen LogP contribution < -0.4 is 63.5 Å². The third kappa shape index (κ3) is 3.54. The number of hydrogen-bond donors (Lipinski definition) is 1. The van der Waals surface area contributed by atoms with E-state index in [1.54, 1.807) is 6.20 Å². The number of hydrogen-bond acceptors (Lipinski definition) is 4. The smallest absolute Gasteiger partial charge is 0.626 e. The molecule has 4 rings (SSSR count). The van der Waals surface area contributed by atoms with E-state index in [1.807, 2.05) is 68.4 Å². The van der Waals surface area contributed by atoms with Crippen LogP contribution >= 0.6 is 0 Å². The molecule has 0 fully saturated rings. The largest absolute Gasteiger partial charge is 1.00 e. The van der Waals surface area contributed by atoms with Gasteiger partial charge in [-0.25, -0.2) is 9.97 Å². The van der Waals surface area contributed by atoms with E-state index < -0.39 is 5.41 Å².